The third-order valence-corrected chi connectivity index (χ3v) is 9.14. The van der Waals surface area contributed by atoms with Crippen LogP contribution in [0.1, 0.15) is 189 Å². The van der Waals surface area contributed by atoms with Crippen LogP contribution in [-0.4, -0.2) is 44.9 Å². The van der Waals surface area contributed by atoms with E-state index < -0.39 is 6.29 Å². The molecule has 0 aromatic rings. The normalized spacial score (nSPS) is 13.6. The van der Waals surface area contributed by atoms with Crippen molar-refractivity contribution >= 4 is 0 Å². The van der Waals surface area contributed by atoms with E-state index in [2.05, 4.69) is 66.5 Å². The summed E-state index contributed by atoms with van der Waals surface area (Å²) in [7, 11) is 0. The van der Waals surface area contributed by atoms with Crippen LogP contribution in [0.2, 0.25) is 0 Å². The molecule has 0 spiro atoms. The predicted octanol–water partition coefficient (Wildman–Crippen LogP) is 13.8. The first kappa shape index (κ1) is 46.8. The van der Waals surface area contributed by atoms with Crippen molar-refractivity contribution in [1.82, 2.24) is 0 Å². The Morgan fingerprint density at radius 1 is 0.500 bits per heavy atom. The first-order valence-corrected chi connectivity index (χ1v) is 20.5. The number of allylic oxidation sites excluding steroid dienone is 2. The lowest BCUT2D eigenvalue weighted by atomic mass is 10.0. The molecule has 0 N–H and O–H groups in total. The fourth-order valence-corrected chi connectivity index (χ4v) is 5.71. The van der Waals surface area contributed by atoms with Gasteiger partial charge in [-0.3, -0.25) is 0 Å². The third-order valence-electron chi connectivity index (χ3n) is 9.14. The van der Waals surface area contributed by atoms with Gasteiger partial charge in [0.1, 0.15) is 6.10 Å². The minimum Gasteiger partial charge on any atom is -0.374 e. The van der Waals surface area contributed by atoms with E-state index >= 15 is 0 Å². The first-order chi connectivity index (χ1) is 23.4. The van der Waals surface area contributed by atoms with Crippen LogP contribution in [0.5, 0.6) is 0 Å². The molecule has 0 radical (unpaired) electrons. The molecule has 4 heteroatoms. The summed E-state index contributed by atoms with van der Waals surface area (Å²) in [6, 6.07) is 0. The molecular weight excluding hydrogens is 592 g/mol. The molecule has 0 aliphatic heterocycles. The Labute approximate surface area is 300 Å². The topological polar surface area (TPSA) is 36.9 Å². The van der Waals surface area contributed by atoms with Crippen LogP contribution in [-0.2, 0) is 18.9 Å². The number of ether oxygens (including phenoxy) is 4. The second kappa shape index (κ2) is 35.6. The number of hydrogen-bond acceptors (Lipinski definition) is 4. The standard InChI is InChI=1S/C44H82O4/c1-9-13-15-17-19-20-21-22-23-25-27-31-41(7)38-47-42(8)32-29-33-43(48-37-39(5)12-4)44(46-36-34-40(6)30-11-3)45-35-28-26-24-18-16-14-10-2/h18,24,42-44H,5-7,9-17,19-23,25-38H2,1-4,8H3. The van der Waals surface area contributed by atoms with Gasteiger partial charge < -0.3 is 18.9 Å². The van der Waals surface area contributed by atoms with E-state index in [4.69, 9.17) is 18.9 Å². The average molecular weight is 675 g/mol. The zero-order valence-corrected chi connectivity index (χ0v) is 32.9. The SMILES string of the molecule is C=C(CCC)CCOC(OCCCC=CCCCC)C(CCCC(C)OCC(=C)CCCCCCCCCCCCC)OCC(=C)CC. The molecule has 0 rings (SSSR count). The van der Waals surface area contributed by atoms with Gasteiger partial charge >= 0.3 is 0 Å². The summed E-state index contributed by atoms with van der Waals surface area (Å²) in [5.74, 6) is 0. The number of hydrogen-bond donors (Lipinski definition) is 0. The monoisotopic (exact) mass is 675 g/mol. The minimum atomic E-state index is -0.394. The van der Waals surface area contributed by atoms with Crippen molar-refractivity contribution in [2.24, 2.45) is 0 Å². The lowest BCUT2D eigenvalue weighted by molar-refractivity contribution is -0.207. The molecule has 0 aliphatic rings. The summed E-state index contributed by atoms with van der Waals surface area (Å²) in [5, 5.41) is 0. The zero-order valence-electron chi connectivity index (χ0n) is 32.9. The Kier molecular flexibility index (Phi) is 34.7. The van der Waals surface area contributed by atoms with Gasteiger partial charge in [0.25, 0.3) is 0 Å². The quantitative estimate of drug-likeness (QED) is 0.0371. The highest BCUT2D eigenvalue weighted by atomic mass is 16.7. The summed E-state index contributed by atoms with van der Waals surface area (Å²) in [5.41, 5.74) is 3.56. The summed E-state index contributed by atoms with van der Waals surface area (Å²) >= 11 is 0. The maximum absolute atomic E-state index is 6.43. The smallest absolute Gasteiger partial charge is 0.183 e. The van der Waals surface area contributed by atoms with Gasteiger partial charge in [-0.05, 0) is 77.6 Å². The van der Waals surface area contributed by atoms with Crippen molar-refractivity contribution in [2.45, 2.75) is 207 Å². The molecular formula is C44H82O4. The van der Waals surface area contributed by atoms with Gasteiger partial charge in [0.2, 0.25) is 0 Å². The van der Waals surface area contributed by atoms with E-state index in [9.17, 15) is 0 Å². The highest BCUT2D eigenvalue weighted by molar-refractivity contribution is 4.95. The van der Waals surface area contributed by atoms with Gasteiger partial charge in [-0.15, -0.1) is 0 Å². The molecule has 0 saturated carbocycles. The Balaban J connectivity index is 4.67. The molecule has 0 amide bonds. The maximum atomic E-state index is 6.43. The van der Waals surface area contributed by atoms with Crippen LogP contribution in [0.25, 0.3) is 0 Å². The van der Waals surface area contributed by atoms with E-state index in [1.165, 1.54) is 94.6 Å². The lowest BCUT2D eigenvalue weighted by Gasteiger charge is -2.28. The molecule has 0 fully saturated rings. The summed E-state index contributed by atoms with van der Waals surface area (Å²) < 4.78 is 25.4. The molecule has 0 aromatic heterocycles. The van der Waals surface area contributed by atoms with Gasteiger partial charge in [-0.2, -0.15) is 0 Å². The van der Waals surface area contributed by atoms with Crippen LogP contribution < -0.4 is 0 Å². The second-order valence-electron chi connectivity index (χ2n) is 14.2. The summed E-state index contributed by atoms with van der Waals surface area (Å²) in [6.07, 6.45) is 32.8. The first-order valence-electron chi connectivity index (χ1n) is 20.5. The molecule has 0 aromatic carbocycles. The molecule has 0 saturated heterocycles. The molecule has 0 bridgehead atoms. The number of rotatable bonds is 38. The zero-order chi connectivity index (χ0) is 35.5. The Morgan fingerprint density at radius 2 is 1.08 bits per heavy atom. The lowest BCUT2D eigenvalue weighted by Crippen LogP contribution is -2.35. The fraction of sp³-hybridized carbons (Fsp3) is 0.818. The molecule has 0 aliphatic carbocycles. The highest BCUT2D eigenvalue weighted by Gasteiger charge is 2.24. The molecule has 48 heavy (non-hydrogen) atoms. The highest BCUT2D eigenvalue weighted by Crippen LogP contribution is 2.20. The molecule has 282 valence electrons. The third kappa shape index (κ3) is 30.8. The van der Waals surface area contributed by atoms with Gasteiger partial charge in [-0.1, -0.05) is 160 Å². The van der Waals surface area contributed by atoms with E-state index in [0.717, 1.165) is 76.2 Å². The molecule has 3 unspecified atom stereocenters. The van der Waals surface area contributed by atoms with Crippen molar-refractivity contribution < 1.29 is 18.9 Å². The summed E-state index contributed by atoms with van der Waals surface area (Å²) in [4.78, 5) is 0. The number of unbranched alkanes of at least 4 members (excludes halogenated alkanes) is 13. The average Bonchev–Trinajstić information content (AvgIpc) is 3.08. The van der Waals surface area contributed by atoms with Crippen LogP contribution in [0.15, 0.2) is 48.6 Å². The fourth-order valence-electron chi connectivity index (χ4n) is 5.71. The van der Waals surface area contributed by atoms with Crippen molar-refractivity contribution in [3.8, 4) is 0 Å². The molecule has 0 heterocycles. The van der Waals surface area contributed by atoms with E-state index in [1.807, 2.05) is 0 Å². The van der Waals surface area contributed by atoms with E-state index in [1.54, 1.807) is 0 Å². The molecule has 3 atom stereocenters. The Morgan fingerprint density at radius 3 is 1.71 bits per heavy atom. The van der Waals surface area contributed by atoms with Crippen LogP contribution in [0.3, 0.4) is 0 Å². The van der Waals surface area contributed by atoms with Gasteiger partial charge in [0, 0.05) is 0 Å². The van der Waals surface area contributed by atoms with E-state index in [-0.39, 0.29) is 12.2 Å². The van der Waals surface area contributed by atoms with Crippen molar-refractivity contribution in [3.05, 3.63) is 48.6 Å². The van der Waals surface area contributed by atoms with Crippen molar-refractivity contribution in [2.75, 3.05) is 26.4 Å². The van der Waals surface area contributed by atoms with Crippen molar-refractivity contribution in [3.63, 3.8) is 0 Å². The molecule has 4 nitrogen and oxygen atoms in total. The van der Waals surface area contributed by atoms with Crippen LogP contribution >= 0.6 is 0 Å². The van der Waals surface area contributed by atoms with E-state index in [0.29, 0.717) is 26.4 Å². The van der Waals surface area contributed by atoms with Crippen molar-refractivity contribution in [1.29, 1.82) is 0 Å². The minimum absolute atomic E-state index is 0.143. The van der Waals surface area contributed by atoms with Gasteiger partial charge in [0.15, 0.2) is 6.29 Å². The van der Waals surface area contributed by atoms with Crippen LogP contribution in [0.4, 0.5) is 0 Å². The Bertz CT molecular complexity index is 772. The maximum Gasteiger partial charge on any atom is 0.183 e. The predicted molar refractivity (Wildman–Crippen MR) is 211 cm³/mol. The van der Waals surface area contributed by atoms with Gasteiger partial charge in [-0.25, -0.2) is 0 Å². The Hall–Kier alpha value is -1.20. The van der Waals surface area contributed by atoms with Gasteiger partial charge in [0.05, 0.1) is 32.5 Å². The largest absolute Gasteiger partial charge is 0.374 e. The second-order valence-corrected chi connectivity index (χ2v) is 14.2. The summed E-state index contributed by atoms with van der Waals surface area (Å²) in [6.45, 7) is 26.2. The van der Waals surface area contributed by atoms with Crippen LogP contribution in [0, 0.1) is 0 Å².